The molecule has 0 aromatic heterocycles. The third-order valence-corrected chi connectivity index (χ3v) is 5.13. The topological polar surface area (TPSA) is 52.7 Å². The van der Waals surface area contributed by atoms with Gasteiger partial charge in [-0.3, -0.25) is 14.5 Å². The number of amides is 2. The Morgan fingerprint density at radius 2 is 1.96 bits per heavy atom. The molecule has 0 bridgehead atoms. The van der Waals surface area contributed by atoms with Crippen LogP contribution in [0.1, 0.15) is 25.8 Å². The molecule has 144 valence electrons. The summed E-state index contributed by atoms with van der Waals surface area (Å²) in [6, 6.07) is 14.1. The lowest BCUT2D eigenvalue weighted by Gasteiger charge is -2.35. The first kappa shape index (κ1) is 19.4. The monoisotopic (exact) mass is 367 g/mol. The van der Waals surface area contributed by atoms with Crippen molar-refractivity contribution in [3.63, 3.8) is 0 Å². The number of piperazine rings is 1. The molecule has 1 N–H and O–H groups in total. The van der Waals surface area contributed by atoms with Crippen molar-refractivity contribution in [2.75, 3.05) is 26.7 Å². The van der Waals surface area contributed by atoms with E-state index in [0.29, 0.717) is 25.6 Å². The highest BCUT2D eigenvalue weighted by molar-refractivity contribution is 5.89. The third kappa shape index (κ3) is 4.66. The van der Waals surface area contributed by atoms with Crippen LogP contribution < -0.4 is 5.32 Å². The van der Waals surface area contributed by atoms with E-state index in [1.54, 1.807) is 4.90 Å². The predicted molar refractivity (Wildman–Crippen MR) is 108 cm³/mol. The number of hydrogen-bond acceptors (Lipinski definition) is 3. The van der Waals surface area contributed by atoms with Crippen molar-refractivity contribution in [1.82, 2.24) is 15.1 Å². The van der Waals surface area contributed by atoms with Crippen molar-refractivity contribution in [1.29, 1.82) is 0 Å². The van der Waals surface area contributed by atoms with Gasteiger partial charge >= 0.3 is 0 Å². The minimum Gasteiger partial charge on any atom is -0.353 e. The lowest BCUT2D eigenvalue weighted by atomic mass is 10.0. The number of fused-ring (bicyclic) bond motifs is 1. The maximum Gasteiger partial charge on any atom is 0.237 e. The molecule has 5 nitrogen and oxygen atoms in total. The first-order chi connectivity index (χ1) is 13.0. The SMILES string of the molecule is CC(C)CN(C)C(=O)CC1C(=O)NCCN1Cc1cccc2ccccc12. The van der Waals surface area contributed by atoms with Gasteiger partial charge in [0.2, 0.25) is 11.8 Å². The molecule has 1 aliphatic rings. The first-order valence-corrected chi connectivity index (χ1v) is 9.68. The zero-order chi connectivity index (χ0) is 19.4. The smallest absolute Gasteiger partial charge is 0.237 e. The number of benzene rings is 2. The number of nitrogens with zero attached hydrogens (tertiary/aromatic N) is 2. The Morgan fingerprint density at radius 1 is 1.22 bits per heavy atom. The minimum absolute atomic E-state index is 0.0219. The van der Waals surface area contributed by atoms with E-state index in [-0.39, 0.29) is 18.2 Å². The molecule has 0 spiro atoms. The molecule has 2 amide bonds. The van der Waals surface area contributed by atoms with Gasteiger partial charge in [0.1, 0.15) is 0 Å². The summed E-state index contributed by atoms with van der Waals surface area (Å²) in [7, 11) is 1.82. The van der Waals surface area contributed by atoms with E-state index in [2.05, 4.69) is 54.4 Å². The molecule has 0 saturated carbocycles. The fraction of sp³-hybridized carbons (Fsp3) is 0.455. The van der Waals surface area contributed by atoms with Crippen LogP contribution in [0.3, 0.4) is 0 Å². The summed E-state index contributed by atoms with van der Waals surface area (Å²) in [6.45, 7) is 6.92. The minimum atomic E-state index is -0.417. The van der Waals surface area contributed by atoms with E-state index < -0.39 is 6.04 Å². The Bertz CT molecular complexity index is 813. The molecule has 27 heavy (non-hydrogen) atoms. The molecule has 1 unspecified atom stereocenters. The molecule has 1 atom stereocenters. The van der Waals surface area contributed by atoms with Gasteiger partial charge in [-0.05, 0) is 22.3 Å². The van der Waals surface area contributed by atoms with Gasteiger partial charge in [-0.25, -0.2) is 0 Å². The van der Waals surface area contributed by atoms with Gasteiger partial charge in [-0.15, -0.1) is 0 Å². The Kier molecular flexibility index (Phi) is 6.11. The zero-order valence-electron chi connectivity index (χ0n) is 16.4. The van der Waals surface area contributed by atoms with Crippen molar-refractivity contribution in [3.05, 3.63) is 48.0 Å². The number of carbonyl (C=O) groups is 2. The Balaban J connectivity index is 1.78. The molecular formula is C22H29N3O2. The van der Waals surface area contributed by atoms with Gasteiger partial charge in [-0.1, -0.05) is 56.3 Å². The maximum atomic E-state index is 12.6. The van der Waals surface area contributed by atoms with Crippen LogP contribution in [0.4, 0.5) is 0 Å². The first-order valence-electron chi connectivity index (χ1n) is 9.68. The van der Waals surface area contributed by atoms with Crippen LogP contribution in [-0.4, -0.2) is 54.3 Å². The summed E-state index contributed by atoms with van der Waals surface area (Å²) in [5.41, 5.74) is 1.19. The molecule has 2 aromatic rings. The summed E-state index contributed by atoms with van der Waals surface area (Å²) in [5, 5.41) is 5.32. The number of nitrogens with one attached hydrogen (secondary N) is 1. The second-order valence-corrected chi connectivity index (χ2v) is 7.79. The largest absolute Gasteiger partial charge is 0.353 e. The Labute approximate surface area is 161 Å². The highest BCUT2D eigenvalue weighted by Crippen LogP contribution is 2.22. The molecule has 1 saturated heterocycles. The molecule has 0 aliphatic carbocycles. The van der Waals surface area contributed by atoms with Crippen molar-refractivity contribution in [3.8, 4) is 0 Å². The Morgan fingerprint density at radius 3 is 2.74 bits per heavy atom. The molecule has 5 heteroatoms. The Hall–Kier alpha value is -2.40. The lowest BCUT2D eigenvalue weighted by molar-refractivity contribution is -0.138. The quantitative estimate of drug-likeness (QED) is 0.854. The molecule has 3 rings (SSSR count). The third-order valence-electron chi connectivity index (χ3n) is 5.13. The maximum absolute atomic E-state index is 12.6. The van der Waals surface area contributed by atoms with Crippen molar-refractivity contribution in [2.45, 2.75) is 32.9 Å². The van der Waals surface area contributed by atoms with Gasteiger partial charge in [0.25, 0.3) is 0 Å². The van der Waals surface area contributed by atoms with Crippen LogP contribution in [0.2, 0.25) is 0 Å². The molecule has 1 aliphatic heterocycles. The van der Waals surface area contributed by atoms with E-state index in [1.807, 2.05) is 19.2 Å². The fourth-order valence-electron chi connectivity index (χ4n) is 3.79. The molecule has 1 heterocycles. The number of carbonyl (C=O) groups excluding carboxylic acids is 2. The fourth-order valence-corrected chi connectivity index (χ4v) is 3.79. The van der Waals surface area contributed by atoms with E-state index in [4.69, 9.17) is 0 Å². The van der Waals surface area contributed by atoms with Crippen molar-refractivity contribution >= 4 is 22.6 Å². The van der Waals surface area contributed by atoms with Gasteiger partial charge in [0.15, 0.2) is 0 Å². The predicted octanol–water partition coefficient (Wildman–Crippen LogP) is 2.64. The second-order valence-electron chi connectivity index (χ2n) is 7.79. The summed E-state index contributed by atoms with van der Waals surface area (Å²) in [5.74, 6) is 0.382. The number of hydrogen-bond donors (Lipinski definition) is 1. The van der Waals surface area contributed by atoms with E-state index in [9.17, 15) is 9.59 Å². The van der Waals surface area contributed by atoms with Crippen LogP contribution in [0.5, 0.6) is 0 Å². The lowest BCUT2D eigenvalue weighted by Crippen LogP contribution is -2.56. The van der Waals surface area contributed by atoms with Gasteiger partial charge in [0.05, 0.1) is 12.5 Å². The highest BCUT2D eigenvalue weighted by Gasteiger charge is 2.32. The molecule has 0 radical (unpaired) electrons. The summed E-state index contributed by atoms with van der Waals surface area (Å²) in [6.07, 6.45) is 0.222. The van der Waals surface area contributed by atoms with Crippen LogP contribution >= 0.6 is 0 Å². The van der Waals surface area contributed by atoms with E-state index in [1.165, 1.54) is 16.3 Å². The number of rotatable bonds is 6. The molecule has 1 fully saturated rings. The van der Waals surface area contributed by atoms with Crippen molar-refractivity contribution in [2.24, 2.45) is 5.92 Å². The van der Waals surface area contributed by atoms with E-state index in [0.717, 1.165) is 6.54 Å². The van der Waals surface area contributed by atoms with Crippen LogP contribution in [0.25, 0.3) is 10.8 Å². The average Bonchev–Trinajstić information content (AvgIpc) is 2.64. The van der Waals surface area contributed by atoms with Gasteiger partial charge in [-0.2, -0.15) is 0 Å². The zero-order valence-corrected chi connectivity index (χ0v) is 16.4. The van der Waals surface area contributed by atoms with Gasteiger partial charge < -0.3 is 10.2 Å². The summed E-state index contributed by atoms with van der Waals surface area (Å²) < 4.78 is 0. The molecular weight excluding hydrogens is 338 g/mol. The van der Waals surface area contributed by atoms with Crippen LogP contribution in [-0.2, 0) is 16.1 Å². The van der Waals surface area contributed by atoms with Crippen molar-refractivity contribution < 1.29 is 9.59 Å². The normalized spacial score (nSPS) is 17.9. The second kappa shape index (κ2) is 8.53. The van der Waals surface area contributed by atoms with Gasteiger partial charge in [0, 0.05) is 33.2 Å². The summed E-state index contributed by atoms with van der Waals surface area (Å²) in [4.78, 5) is 29.0. The van der Waals surface area contributed by atoms with E-state index >= 15 is 0 Å². The standard InChI is InChI=1S/C22H29N3O2/c1-16(2)14-24(3)21(26)13-20-22(27)23-11-12-25(20)15-18-9-6-8-17-7-4-5-10-19(17)18/h4-10,16,20H,11-15H2,1-3H3,(H,23,27). The van der Waals surface area contributed by atoms with Crippen LogP contribution in [0.15, 0.2) is 42.5 Å². The average molecular weight is 367 g/mol. The van der Waals surface area contributed by atoms with Crippen LogP contribution in [0, 0.1) is 5.92 Å². The molecule has 2 aromatic carbocycles. The highest BCUT2D eigenvalue weighted by atomic mass is 16.2. The summed E-state index contributed by atoms with van der Waals surface area (Å²) >= 11 is 0.